The Bertz CT molecular complexity index is 564. The number of ether oxygens (including phenoxy) is 1. The predicted octanol–water partition coefficient (Wildman–Crippen LogP) is 2.65. The number of hydrogen-bond donors (Lipinski definition) is 1. The van der Waals surface area contributed by atoms with Crippen molar-refractivity contribution in [1.82, 2.24) is 9.78 Å². The lowest BCUT2D eigenvalue weighted by Gasteiger charge is -2.04. The summed E-state index contributed by atoms with van der Waals surface area (Å²) in [5, 5.41) is 4.82. The van der Waals surface area contributed by atoms with Gasteiger partial charge in [-0.1, -0.05) is 18.2 Å². The van der Waals surface area contributed by atoms with Gasteiger partial charge in [-0.2, -0.15) is 5.10 Å². The lowest BCUT2D eigenvalue weighted by atomic mass is 10.2. The molecule has 0 saturated carbocycles. The fraction of sp³-hybridized carbons (Fsp3) is 0.231. The zero-order valence-electron chi connectivity index (χ0n) is 10.3. The van der Waals surface area contributed by atoms with Crippen molar-refractivity contribution in [3.8, 4) is 5.69 Å². The number of aryl methyl sites for hydroxylation is 1. The van der Waals surface area contributed by atoms with Crippen LogP contribution < -0.4 is 0 Å². The van der Waals surface area contributed by atoms with Crippen LogP contribution in [0.4, 0.5) is 0 Å². The van der Waals surface area contributed by atoms with Gasteiger partial charge in [-0.15, -0.1) is 12.6 Å². The van der Waals surface area contributed by atoms with E-state index in [0.29, 0.717) is 22.9 Å². The Hall–Kier alpha value is -1.75. The van der Waals surface area contributed by atoms with Crippen molar-refractivity contribution in [2.45, 2.75) is 18.9 Å². The Morgan fingerprint density at radius 1 is 1.39 bits per heavy atom. The Morgan fingerprint density at radius 3 is 2.67 bits per heavy atom. The van der Waals surface area contributed by atoms with Crippen molar-refractivity contribution in [1.29, 1.82) is 0 Å². The number of nitrogens with zero attached hydrogens (tertiary/aromatic N) is 2. The molecule has 0 atom stereocenters. The third-order valence-electron chi connectivity index (χ3n) is 2.52. The molecule has 0 saturated heterocycles. The summed E-state index contributed by atoms with van der Waals surface area (Å²) in [4.78, 5) is 11.8. The second-order valence-electron chi connectivity index (χ2n) is 3.75. The molecule has 1 aromatic heterocycles. The highest BCUT2D eigenvalue weighted by molar-refractivity contribution is 7.80. The van der Waals surface area contributed by atoms with Gasteiger partial charge in [0.05, 0.1) is 18.0 Å². The zero-order valence-corrected chi connectivity index (χ0v) is 11.1. The fourth-order valence-corrected chi connectivity index (χ4v) is 2.12. The third-order valence-corrected chi connectivity index (χ3v) is 2.93. The predicted molar refractivity (Wildman–Crippen MR) is 71.5 cm³/mol. The van der Waals surface area contributed by atoms with Crippen LogP contribution in [0.15, 0.2) is 35.4 Å². The van der Waals surface area contributed by atoms with Gasteiger partial charge in [-0.05, 0) is 26.0 Å². The molecule has 0 aliphatic rings. The third kappa shape index (κ3) is 2.26. The number of esters is 1. The molecule has 4 nitrogen and oxygen atoms in total. The van der Waals surface area contributed by atoms with Crippen LogP contribution in [0.5, 0.6) is 0 Å². The number of hydrogen-bond acceptors (Lipinski definition) is 4. The Labute approximate surface area is 111 Å². The number of para-hydroxylation sites is 1. The minimum atomic E-state index is -0.387. The van der Waals surface area contributed by atoms with Gasteiger partial charge in [0.15, 0.2) is 0 Å². The number of thiol groups is 1. The van der Waals surface area contributed by atoms with E-state index in [4.69, 9.17) is 4.74 Å². The summed E-state index contributed by atoms with van der Waals surface area (Å²) in [5.74, 6) is -0.387. The van der Waals surface area contributed by atoms with E-state index in [9.17, 15) is 4.79 Å². The van der Waals surface area contributed by atoms with Crippen molar-refractivity contribution in [3.63, 3.8) is 0 Å². The second kappa shape index (κ2) is 5.27. The van der Waals surface area contributed by atoms with E-state index in [0.717, 1.165) is 5.69 Å². The second-order valence-corrected chi connectivity index (χ2v) is 4.18. The molecule has 18 heavy (non-hydrogen) atoms. The van der Waals surface area contributed by atoms with Crippen molar-refractivity contribution < 1.29 is 9.53 Å². The maximum absolute atomic E-state index is 11.8. The molecule has 0 N–H and O–H groups in total. The van der Waals surface area contributed by atoms with Gasteiger partial charge in [0.25, 0.3) is 0 Å². The molecule has 0 bridgehead atoms. The monoisotopic (exact) mass is 262 g/mol. The van der Waals surface area contributed by atoms with E-state index in [-0.39, 0.29) is 5.97 Å². The normalized spacial score (nSPS) is 10.4. The highest BCUT2D eigenvalue weighted by Crippen LogP contribution is 2.22. The van der Waals surface area contributed by atoms with E-state index in [1.54, 1.807) is 18.5 Å². The molecule has 0 aliphatic carbocycles. The fourth-order valence-electron chi connectivity index (χ4n) is 1.71. The Balaban J connectivity index is 2.47. The molecule has 1 heterocycles. The highest BCUT2D eigenvalue weighted by atomic mass is 32.1. The van der Waals surface area contributed by atoms with Gasteiger partial charge in [-0.25, -0.2) is 9.48 Å². The molecule has 1 aromatic carbocycles. The Kier molecular flexibility index (Phi) is 3.72. The van der Waals surface area contributed by atoms with E-state index in [1.165, 1.54) is 0 Å². The van der Waals surface area contributed by atoms with Gasteiger partial charge in [-0.3, -0.25) is 0 Å². The minimum absolute atomic E-state index is 0.335. The maximum Gasteiger partial charge on any atom is 0.342 e. The largest absolute Gasteiger partial charge is 0.462 e. The first-order chi connectivity index (χ1) is 8.65. The smallest absolute Gasteiger partial charge is 0.342 e. The van der Waals surface area contributed by atoms with E-state index < -0.39 is 0 Å². The molecule has 0 fully saturated rings. The minimum Gasteiger partial charge on any atom is -0.462 e. The summed E-state index contributed by atoms with van der Waals surface area (Å²) in [6.07, 6.45) is 0. The van der Waals surface area contributed by atoms with Gasteiger partial charge >= 0.3 is 5.97 Å². The molecule has 5 heteroatoms. The summed E-state index contributed by atoms with van der Waals surface area (Å²) in [5.41, 5.74) is 1.90. The maximum atomic E-state index is 11.8. The lowest BCUT2D eigenvalue weighted by molar-refractivity contribution is 0.0521. The van der Waals surface area contributed by atoms with Crippen LogP contribution in [0, 0.1) is 6.92 Å². The quantitative estimate of drug-likeness (QED) is 0.683. The summed E-state index contributed by atoms with van der Waals surface area (Å²) < 4.78 is 6.63. The molecule has 94 valence electrons. The first-order valence-electron chi connectivity index (χ1n) is 5.66. The number of benzene rings is 1. The summed E-state index contributed by atoms with van der Waals surface area (Å²) in [6, 6.07) is 9.54. The van der Waals surface area contributed by atoms with Crippen molar-refractivity contribution in [3.05, 3.63) is 41.6 Å². The molecular formula is C13H14N2O2S. The summed E-state index contributed by atoms with van der Waals surface area (Å²) >= 11 is 4.38. The molecule has 2 rings (SSSR count). The van der Waals surface area contributed by atoms with Crippen LogP contribution in [-0.2, 0) is 4.74 Å². The average molecular weight is 262 g/mol. The van der Waals surface area contributed by atoms with E-state index >= 15 is 0 Å². The van der Waals surface area contributed by atoms with Crippen LogP contribution in [-0.4, -0.2) is 22.4 Å². The zero-order chi connectivity index (χ0) is 13.1. The summed E-state index contributed by atoms with van der Waals surface area (Å²) in [6.45, 7) is 3.88. The Morgan fingerprint density at radius 2 is 2.06 bits per heavy atom. The topological polar surface area (TPSA) is 44.1 Å². The SMILES string of the molecule is CCOC(=O)c1c(C)nn(-c2ccccc2)c1S. The van der Waals surface area contributed by atoms with Gasteiger partial charge in [0, 0.05) is 0 Å². The molecule has 0 unspecified atom stereocenters. The lowest BCUT2D eigenvalue weighted by Crippen LogP contribution is -2.06. The van der Waals surface area contributed by atoms with Gasteiger partial charge < -0.3 is 4.74 Å². The summed E-state index contributed by atoms with van der Waals surface area (Å²) in [7, 11) is 0. The molecule has 2 aromatic rings. The first kappa shape index (κ1) is 12.7. The van der Waals surface area contributed by atoms with Crippen LogP contribution in [0.3, 0.4) is 0 Å². The number of aromatic nitrogens is 2. The highest BCUT2D eigenvalue weighted by Gasteiger charge is 2.20. The van der Waals surface area contributed by atoms with Gasteiger partial charge in [0.1, 0.15) is 10.6 Å². The van der Waals surface area contributed by atoms with Crippen LogP contribution in [0.1, 0.15) is 23.0 Å². The molecule has 0 amide bonds. The van der Waals surface area contributed by atoms with Crippen molar-refractivity contribution in [2.75, 3.05) is 6.61 Å². The number of carbonyl (C=O) groups excluding carboxylic acids is 1. The van der Waals surface area contributed by atoms with Crippen LogP contribution in [0.25, 0.3) is 5.69 Å². The van der Waals surface area contributed by atoms with Crippen LogP contribution >= 0.6 is 12.6 Å². The van der Waals surface area contributed by atoms with Crippen molar-refractivity contribution in [2.24, 2.45) is 0 Å². The first-order valence-corrected chi connectivity index (χ1v) is 6.11. The number of carbonyl (C=O) groups is 1. The molecule has 0 aliphatic heterocycles. The van der Waals surface area contributed by atoms with Gasteiger partial charge in [0.2, 0.25) is 0 Å². The van der Waals surface area contributed by atoms with E-state index in [1.807, 2.05) is 30.3 Å². The molecule has 0 spiro atoms. The molecular weight excluding hydrogens is 248 g/mol. The number of rotatable bonds is 3. The van der Waals surface area contributed by atoms with E-state index in [2.05, 4.69) is 17.7 Å². The standard InChI is InChI=1S/C13H14N2O2S/c1-3-17-13(16)11-9(2)14-15(12(11)18)10-7-5-4-6-8-10/h4-8,18H,3H2,1-2H3. The van der Waals surface area contributed by atoms with Crippen molar-refractivity contribution >= 4 is 18.6 Å². The molecule has 0 radical (unpaired) electrons. The average Bonchev–Trinajstić information content (AvgIpc) is 2.66. The van der Waals surface area contributed by atoms with Crippen LogP contribution in [0.2, 0.25) is 0 Å².